The molecule has 0 radical (unpaired) electrons. The molecule has 2 atom stereocenters. The van der Waals surface area contributed by atoms with Crippen LogP contribution in [0.15, 0.2) is 48.5 Å². The summed E-state index contributed by atoms with van der Waals surface area (Å²) in [5.74, 6) is 0.847. The summed E-state index contributed by atoms with van der Waals surface area (Å²) in [6, 6.07) is 19.1. The number of ketones is 1. The lowest BCUT2D eigenvalue weighted by Gasteiger charge is -2.48. The van der Waals surface area contributed by atoms with Crippen LogP contribution in [0.5, 0.6) is 0 Å². The lowest BCUT2D eigenvalue weighted by molar-refractivity contribution is -0.123. The fourth-order valence-electron chi connectivity index (χ4n) is 4.85. The molecule has 2 heteroatoms. The average Bonchev–Trinajstić information content (AvgIpc) is 2.62. The molecule has 2 aliphatic rings. The highest BCUT2D eigenvalue weighted by Gasteiger charge is 2.47. The van der Waals surface area contributed by atoms with Crippen LogP contribution in [0.25, 0.3) is 0 Å². The summed E-state index contributed by atoms with van der Waals surface area (Å²) in [7, 11) is 0. The van der Waals surface area contributed by atoms with Gasteiger partial charge in [-0.15, -0.1) is 0 Å². The van der Waals surface area contributed by atoms with E-state index in [1.807, 2.05) is 6.07 Å². The first-order chi connectivity index (χ1) is 11.7. The standard InChI is InChI=1S/C22H21NO.CH4/c23-15-17-6-9-21-18(12-17)7-8-19-13-20(24)10-11-22(19,21)14-16-4-2-1-3-5-16;/h1-6,9,12,19H,7-8,10-11,13-14H2;1H4/t19-,22+;/m1./s1. The van der Waals surface area contributed by atoms with Crippen molar-refractivity contribution in [3.05, 3.63) is 70.8 Å². The summed E-state index contributed by atoms with van der Waals surface area (Å²) < 4.78 is 0. The first-order valence-corrected chi connectivity index (χ1v) is 8.80. The van der Waals surface area contributed by atoms with Crippen LogP contribution in [-0.4, -0.2) is 5.78 Å². The minimum atomic E-state index is 0. The quantitative estimate of drug-likeness (QED) is 0.778. The first-order valence-electron chi connectivity index (χ1n) is 8.80. The van der Waals surface area contributed by atoms with Gasteiger partial charge in [0, 0.05) is 18.3 Å². The number of hydrogen-bond acceptors (Lipinski definition) is 2. The van der Waals surface area contributed by atoms with Crippen molar-refractivity contribution in [2.45, 2.75) is 51.4 Å². The number of nitrogens with zero attached hydrogens (tertiary/aromatic N) is 1. The van der Waals surface area contributed by atoms with E-state index < -0.39 is 0 Å². The predicted molar refractivity (Wildman–Crippen MR) is 100 cm³/mol. The second kappa shape index (κ2) is 6.84. The molecule has 0 heterocycles. The lowest BCUT2D eigenvalue weighted by Crippen LogP contribution is -2.45. The summed E-state index contributed by atoms with van der Waals surface area (Å²) in [6.45, 7) is 0. The van der Waals surface area contributed by atoms with Crippen LogP contribution in [0.1, 0.15) is 55.4 Å². The van der Waals surface area contributed by atoms with Gasteiger partial charge in [0.05, 0.1) is 11.6 Å². The van der Waals surface area contributed by atoms with Crippen molar-refractivity contribution in [2.75, 3.05) is 0 Å². The average molecular weight is 331 g/mol. The maximum atomic E-state index is 12.1. The number of nitriles is 1. The fraction of sp³-hybridized carbons (Fsp3) is 0.391. The topological polar surface area (TPSA) is 40.9 Å². The Hall–Kier alpha value is -2.40. The lowest BCUT2D eigenvalue weighted by atomic mass is 9.55. The molecule has 1 fully saturated rings. The summed E-state index contributed by atoms with van der Waals surface area (Å²) in [5, 5.41) is 9.21. The molecular formula is C23H25NO. The number of fused-ring (bicyclic) bond motifs is 3. The Morgan fingerprint density at radius 3 is 2.68 bits per heavy atom. The summed E-state index contributed by atoms with van der Waals surface area (Å²) in [6.07, 6.45) is 5.36. The van der Waals surface area contributed by atoms with Crippen molar-refractivity contribution < 1.29 is 4.79 Å². The number of aryl methyl sites for hydroxylation is 1. The maximum absolute atomic E-state index is 12.1. The molecule has 0 saturated heterocycles. The Labute approximate surface area is 150 Å². The summed E-state index contributed by atoms with van der Waals surface area (Å²) in [4.78, 5) is 12.1. The third kappa shape index (κ3) is 3.00. The molecule has 1 saturated carbocycles. The van der Waals surface area contributed by atoms with E-state index in [0.717, 1.165) is 31.2 Å². The molecule has 0 aliphatic heterocycles. The highest BCUT2D eigenvalue weighted by molar-refractivity contribution is 5.80. The van der Waals surface area contributed by atoms with Crippen molar-refractivity contribution in [1.29, 1.82) is 5.26 Å². The predicted octanol–water partition coefficient (Wildman–Crippen LogP) is 4.99. The number of carbonyl (C=O) groups is 1. The Morgan fingerprint density at radius 2 is 1.92 bits per heavy atom. The second-order valence-electron chi connectivity index (χ2n) is 7.28. The van der Waals surface area contributed by atoms with Gasteiger partial charge in [0.25, 0.3) is 0 Å². The second-order valence-corrected chi connectivity index (χ2v) is 7.28. The van der Waals surface area contributed by atoms with E-state index in [1.165, 1.54) is 16.7 Å². The number of Topliss-reactive ketones (excluding diaryl/α,β-unsaturated/α-hetero) is 1. The molecule has 0 amide bonds. The van der Waals surface area contributed by atoms with Crippen LogP contribution < -0.4 is 0 Å². The molecule has 2 aromatic carbocycles. The molecule has 128 valence electrons. The Bertz CT molecular complexity index is 818. The van der Waals surface area contributed by atoms with Crippen LogP contribution >= 0.6 is 0 Å². The molecular weight excluding hydrogens is 306 g/mol. The van der Waals surface area contributed by atoms with Gasteiger partial charge in [0.1, 0.15) is 5.78 Å². The van der Waals surface area contributed by atoms with Crippen LogP contribution in [0.4, 0.5) is 0 Å². The summed E-state index contributed by atoms with van der Waals surface area (Å²) in [5.41, 5.74) is 4.84. The Balaban J connectivity index is 0.00000182. The van der Waals surface area contributed by atoms with Crippen LogP contribution in [0.2, 0.25) is 0 Å². The molecule has 2 aliphatic carbocycles. The van der Waals surface area contributed by atoms with E-state index in [1.54, 1.807) is 0 Å². The van der Waals surface area contributed by atoms with Gasteiger partial charge in [0.15, 0.2) is 0 Å². The van der Waals surface area contributed by atoms with Crippen LogP contribution in [-0.2, 0) is 23.1 Å². The third-order valence-electron chi connectivity index (χ3n) is 6.00. The molecule has 0 N–H and O–H groups in total. The van der Waals surface area contributed by atoms with Gasteiger partial charge >= 0.3 is 0 Å². The SMILES string of the molecule is C.N#Cc1ccc2c(c1)CC[C@@H]1CC(=O)CC[C@@]21Cc1ccccc1. The van der Waals surface area contributed by atoms with Crippen molar-refractivity contribution in [1.82, 2.24) is 0 Å². The minimum absolute atomic E-state index is 0. The summed E-state index contributed by atoms with van der Waals surface area (Å²) >= 11 is 0. The third-order valence-corrected chi connectivity index (χ3v) is 6.00. The van der Waals surface area contributed by atoms with E-state index >= 15 is 0 Å². The highest BCUT2D eigenvalue weighted by Crippen LogP contribution is 2.51. The molecule has 2 nitrogen and oxygen atoms in total. The maximum Gasteiger partial charge on any atom is 0.133 e. The van der Waals surface area contributed by atoms with Crippen molar-refractivity contribution in [2.24, 2.45) is 5.92 Å². The van der Waals surface area contributed by atoms with Gasteiger partial charge < -0.3 is 0 Å². The highest BCUT2D eigenvalue weighted by atomic mass is 16.1. The fourth-order valence-corrected chi connectivity index (χ4v) is 4.85. The van der Waals surface area contributed by atoms with Gasteiger partial charge in [-0.25, -0.2) is 0 Å². The smallest absolute Gasteiger partial charge is 0.133 e. The van der Waals surface area contributed by atoms with Gasteiger partial charge in [-0.2, -0.15) is 5.26 Å². The zero-order valence-corrected chi connectivity index (χ0v) is 13.8. The number of hydrogen-bond donors (Lipinski definition) is 0. The molecule has 0 spiro atoms. The van der Waals surface area contributed by atoms with E-state index in [-0.39, 0.29) is 12.8 Å². The molecule has 0 aromatic heterocycles. The van der Waals surface area contributed by atoms with Crippen molar-refractivity contribution in [3.63, 3.8) is 0 Å². The first kappa shape index (κ1) is 17.4. The van der Waals surface area contributed by atoms with E-state index in [9.17, 15) is 10.1 Å². The number of rotatable bonds is 2. The van der Waals surface area contributed by atoms with E-state index in [0.29, 0.717) is 24.5 Å². The van der Waals surface area contributed by atoms with Crippen LogP contribution in [0.3, 0.4) is 0 Å². The zero-order chi connectivity index (χ0) is 16.6. The number of benzene rings is 2. The number of carbonyl (C=O) groups excluding carboxylic acids is 1. The Morgan fingerprint density at radius 1 is 1.12 bits per heavy atom. The van der Waals surface area contributed by atoms with Crippen molar-refractivity contribution >= 4 is 5.78 Å². The van der Waals surface area contributed by atoms with Gasteiger partial charge in [0.2, 0.25) is 0 Å². The largest absolute Gasteiger partial charge is 0.300 e. The molecule has 4 rings (SSSR count). The zero-order valence-electron chi connectivity index (χ0n) is 13.8. The molecule has 2 aromatic rings. The van der Waals surface area contributed by atoms with Crippen molar-refractivity contribution in [3.8, 4) is 6.07 Å². The monoisotopic (exact) mass is 331 g/mol. The van der Waals surface area contributed by atoms with E-state index in [4.69, 9.17) is 0 Å². The van der Waals surface area contributed by atoms with Crippen LogP contribution in [0, 0.1) is 17.2 Å². The Kier molecular flexibility index (Phi) is 4.77. The van der Waals surface area contributed by atoms with Gasteiger partial charge in [-0.05, 0) is 60.4 Å². The minimum Gasteiger partial charge on any atom is -0.300 e. The van der Waals surface area contributed by atoms with Gasteiger partial charge in [-0.3, -0.25) is 4.79 Å². The van der Waals surface area contributed by atoms with Gasteiger partial charge in [-0.1, -0.05) is 43.8 Å². The van der Waals surface area contributed by atoms with E-state index in [2.05, 4.69) is 48.5 Å². The molecule has 0 bridgehead atoms. The normalized spacial score (nSPS) is 24.4. The molecule has 0 unspecified atom stereocenters. The molecule has 25 heavy (non-hydrogen) atoms.